The normalized spacial score (nSPS) is 17.1. The van der Waals surface area contributed by atoms with Crippen molar-refractivity contribution in [3.05, 3.63) is 65.2 Å². The zero-order valence-corrected chi connectivity index (χ0v) is 11.2. The fraction of sp³-hybridized carbons (Fsp3) is 0.235. The van der Waals surface area contributed by atoms with Gasteiger partial charge in [0.1, 0.15) is 5.75 Å². The first kappa shape index (κ1) is 12.7. The van der Waals surface area contributed by atoms with Crippen molar-refractivity contribution in [3.63, 3.8) is 0 Å². The summed E-state index contributed by atoms with van der Waals surface area (Å²) >= 11 is 0. The number of rotatable bonds is 3. The van der Waals surface area contributed by atoms with E-state index < -0.39 is 0 Å². The quantitative estimate of drug-likeness (QED) is 0.929. The second-order valence-electron chi connectivity index (χ2n) is 5.25. The van der Waals surface area contributed by atoms with E-state index >= 15 is 0 Å². The Morgan fingerprint density at radius 2 is 1.90 bits per heavy atom. The van der Waals surface area contributed by atoms with E-state index in [0.717, 1.165) is 25.2 Å². The van der Waals surface area contributed by atoms with Crippen molar-refractivity contribution in [2.75, 3.05) is 6.61 Å². The van der Waals surface area contributed by atoms with Gasteiger partial charge in [-0.1, -0.05) is 30.3 Å². The maximum Gasteiger partial charge on any atom is 0.248 e. The van der Waals surface area contributed by atoms with Gasteiger partial charge in [-0.3, -0.25) is 4.79 Å². The van der Waals surface area contributed by atoms with Crippen LogP contribution in [-0.2, 0) is 12.8 Å². The number of amides is 1. The minimum atomic E-state index is -0.383. The number of para-hydroxylation sites is 1. The summed E-state index contributed by atoms with van der Waals surface area (Å²) in [5.41, 5.74) is 8.28. The number of fused-ring (bicyclic) bond motifs is 1. The second kappa shape index (κ2) is 5.37. The predicted molar refractivity (Wildman–Crippen MR) is 77.8 cm³/mol. The summed E-state index contributed by atoms with van der Waals surface area (Å²) in [6, 6.07) is 15.7. The molecule has 0 saturated heterocycles. The molecule has 0 aliphatic carbocycles. The molecular formula is C17H17NO2. The van der Waals surface area contributed by atoms with E-state index in [0.29, 0.717) is 11.5 Å². The molecular weight excluding hydrogens is 250 g/mol. The SMILES string of the molecule is NC(=O)c1ccc(C[C@@H]2COc3ccccc3C2)cc1. The van der Waals surface area contributed by atoms with Crippen LogP contribution in [0.4, 0.5) is 0 Å². The van der Waals surface area contributed by atoms with Crippen molar-refractivity contribution in [2.45, 2.75) is 12.8 Å². The van der Waals surface area contributed by atoms with Crippen molar-refractivity contribution in [3.8, 4) is 5.75 Å². The van der Waals surface area contributed by atoms with E-state index in [1.165, 1.54) is 11.1 Å². The smallest absolute Gasteiger partial charge is 0.248 e. The maximum absolute atomic E-state index is 11.0. The van der Waals surface area contributed by atoms with Crippen molar-refractivity contribution < 1.29 is 9.53 Å². The molecule has 20 heavy (non-hydrogen) atoms. The highest BCUT2D eigenvalue weighted by Gasteiger charge is 2.19. The maximum atomic E-state index is 11.0. The number of carbonyl (C=O) groups is 1. The van der Waals surface area contributed by atoms with Gasteiger partial charge in [-0.05, 0) is 42.2 Å². The van der Waals surface area contributed by atoms with E-state index in [-0.39, 0.29) is 5.91 Å². The molecule has 102 valence electrons. The fourth-order valence-corrected chi connectivity index (χ4v) is 2.66. The van der Waals surface area contributed by atoms with Gasteiger partial charge in [-0.2, -0.15) is 0 Å². The lowest BCUT2D eigenvalue weighted by molar-refractivity contribution is 0.100. The molecule has 1 heterocycles. The highest BCUT2D eigenvalue weighted by molar-refractivity contribution is 5.92. The first-order valence-corrected chi connectivity index (χ1v) is 6.82. The minimum absolute atomic E-state index is 0.383. The number of ether oxygens (including phenoxy) is 1. The summed E-state index contributed by atoms with van der Waals surface area (Å²) in [6.45, 7) is 0.745. The number of hydrogen-bond donors (Lipinski definition) is 1. The van der Waals surface area contributed by atoms with Crippen LogP contribution < -0.4 is 10.5 Å². The molecule has 1 amide bonds. The predicted octanol–water partition coefficient (Wildman–Crippen LogP) is 2.58. The Morgan fingerprint density at radius 3 is 2.65 bits per heavy atom. The lowest BCUT2D eigenvalue weighted by Crippen LogP contribution is -2.22. The van der Waals surface area contributed by atoms with Crippen LogP contribution in [0.5, 0.6) is 5.75 Å². The van der Waals surface area contributed by atoms with E-state index in [4.69, 9.17) is 10.5 Å². The highest BCUT2D eigenvalue weighted by atomic mass is 16.5. The third-order valence-electron chi connectivity index (χ3n) is 3.72. The van der Waals surface area contributed by atoms with E-state index in [2.05, 4.69) is 6.07 Å². The Hall–Kier alpha value is -2.29. The largest absolute Gasteiger partial charge is 0.493 e. The number of benzene rings is 2. The molecule has 1 aliphatic rings. The number of nitrogens with two attached hydrogens (primary N) is 1. The van der Waals surface area contributed by atoms with E-state index in [1.807, 2.05) is 30.3 Å². The average molecular weight is 267 g/mol. The van der Waals surface area contributed by atoms with Gasteiger partial charge in [0.25, 0.3) is 0 Å². The highest BCUT2D eigenvalue weighted by Crippen LogP contribution is 2.28. The standard InChI is InChI=1S/C17H17NO2/c18-17(19)14-7-5-12(6-8-14)9-13-10-15-3-1-2-4-16(15)20-11-13/h1-8,13H,9-11H2,(H2,18,19)/t13-/m0/s1. The third kappa shape index (κ3) is 2.67. The fourth-order valence-electron chi connectivity index (χ4n) is 2.66. The molecule has 0 spiro atoms. The Bertz CT molecular complexity index is 619. The van der Waals surface area contributed by atoms with Crippen LogP contribution in [0.25, 0.3) is 0 Å². The molecule has 0 saturated carbocycles. The van der Waals surface area contributed by atoms with Gasteiger partial charge in [0.15, 0.2) is 0 Å². The van der Waals surface area contributed by atoms with Crippen molar-refractivity contribution in [1.29, 1.82) is 0 Å². The second-order valence-corrected chi connectivity index (χ2v) is 5.25. The summed E-state index contributed by atoms with van der Waals surface area (Å²) in [5.74, 6) is 1.10. The zero-order valence-electron chi connectivity index (χ0n) is 11.2. The Balaban J connectivity index is 1.69. The van der Waals surface area contributed by atoms with Gasteiger partial charge in [0.05, 0.1) is 6.61 Å². The summed E-state index contributed by atoms with van der Waals surface area (Å²) in [4.78, 5) is 11.0. The van der Waals surface area contributed by atoms with E-state index in [9.17, 15) is 4.79 Å². The lowest BCUT2D eigenvalue weighted by atomic mass is 9.91. The van der Waals surface area contributed by atoms with Crippen LogP contribution in [0, 0.1) is 5.92 Å². The van der Waals surface area contributed by atoms with Crippen molar-refractivity contribution in [1.82, 2.24) is 0 Å². The summed E-state index contributed by atoms with van der Waals surface area (Å²) in [5, 5.41) is 0. The third-order valence-corrected chi connectivity index (χ3v) is 3.72. The number of carbonyl (C=O) groups excluding carboxylic acids is 1. The average Bonchev–Trinajstić information content (AvgIpc) is 2.48. The van der Waals surface area contributed by atoms with Crippen LogP contribution in [0.3, 0.4) is 0 Å². The van der Waals surface area contributed by atoms with Crippen LogP contribution in [0.1, 0.15) is 21.5 Å². The molecule has 1 aliphatic heterocycles. The Morgan fingerprint density at radius 1 is 1.15 bits per heavy atom. The molecule has 0 aromatic heterocycles. The van der Waals surface area contributed by atoms with Gasteiger partial charge in [-0.15, -0.1) is 0 Å². The summed E-state index contributed by atoms with van der Waals surface area (Å²) in [7, 11) is 0. The first-order chi connectivity index (χ1) is 9.72. The number of hydrogen-bond acceptors (Lipinski definition) is 2. The van der Waals surface area contributed by atoms with Crippen molar-refractivity contribution >= 4 is 5.91 Å². The van der Waals surface area contributed by atoms with Crippen LogP contribution in [0.2, 0.25) is 0 Å². The lowest BCUT2D eigenvalue weighted by Gasteiger charge is -2.25. The Labute approximate surface area is 118 Å². The summed E-state index contributed by atoms with van der Waals surface area (Å²) < 4.78 is 5.80. The monoisotopic (exact) mass is 267 g/mol. The molecule has 0 radical (unpaired) electrons. The number of primary amides is 1. The van der Waals surface area contributed by atoms with Gasteiger partial charge in [0, 0.05) is 11.5 Å². The van der Waals surface area contributed by atoms with E-state index in [1.54, 1.807) is 12.1 Å². The van der Waals surface area contributed by atoms with Crippen LogP contribution in [0.15, 0.2) is 48.5 Å². The molecule has 3 nitrogen and oxygen atoms in total. The molecule has 2 N–H and O–H groups in total. The molecule has 3 rings (SSSR count). The van der Waals surface area contributed by atoms with Gasteiger partial charge < -0.3 is 10.5 Å². The minimum Gasteiger partial charge on any atom is -0.493 e. The van der Waals surface area contributed by atoms with Gasteiger partial charge in [0.2, 0.25) is 5.91 Å². The molecule has 2 aromatic rings. The van der Waals surface area contributed by atoms with Crippen LogP contribution in [-0.4, -0.2) is 12.5 Å². The molecule has 3 heteroatoms. The molecule has 2 aromatic carbocycles. The van der Waals surface area contributed by atoms with Gasteiger partial charge >= 0.3 is 0 Å². The summed E-state index contributed by atoms with van der Waals surface area (Å²) in [6.07, 6.45) is 1.99. The first-order valence-electron chi connectivity index (χ1n) is 6.82. The molecule has 0 fully saturated rings. The van der Waals surface area contributed by atoms with Gasteiger partial charge in [-0.25, -0.2) is 0 Å². The zero-order chi connectivity index (χ0) is 13.9. The molecule has 0 bridgehead atoms. The van der Waals surface area contributed by atoms with Crippen LogP contribution >= 0.6 is 0 Å². The topological polar surface area (TPSA) is 52.3 Å². The Kier molecular flexibility index (Phi) is 3.42. The van der Waals surface area contributed by atoms with Crippen molar-refractivity contribution in [2.24, 2.45) is 11.7 Å². The molecule has 1 atom stereocenters. The molecule has 0 unspecified atom stereocenters.